The Kier molecular flexibility index (Phi) is 4.86. The number of hydrogen-bond donors (Lipinski definition) is 1. The van der Waals surface area contributed by atoms with Crippen LogP contribution in [0, 0.1) is 0 Å². The molecule has 3 nitrogen and oxygen atoms in total. The summed E-state index contributed by atoms with van der Waals surface area (Å²) in [5.41, 5.74) is 2.49. The Labute approximate surface area is 135 Å². The quantitative estimate of drug-likeness (QED) is 0.859. The molecule has 0 amide bonds. The van der Waals surface area contributed by atoms with E-state index in [1.165, 1.54) is 11.1 Å². The lowest BCUT2D eigenvalue weighted by Crippen LogP contribution is -2.20. The largest absolute Gasteiger partial charge is 0.493 e. The van der Waals surface area contributed by atoms with Crippen LogP contribution in [0.2, 0.25) is 0 Å². The zero-order valence-corrected chi connectivity index (χ0v) is 13.0. The van der Waals surface area contributed by atoms with Crippen molar-refractivity contribution in [2.45, 2.75) is 18.4 Å². The monoisotopic (exact) mass is 318 g/mol. The Morgan fingerprint density at radius 3 is 2.82 bits per heavy atom. The summed E-state index contributed by atoms with van der Waals surface area (Å²) in [6.45, 7) is 0.861. The van der Waals surface area contributed by atoms with Gasteiger partial charge in [0.05, 0.1) is 12.5 Å². The van der Waals surface area contributed by atoms with Crippen molar-refractivity contribution in [2.24, 2.45) is 0 Å². The second-order valence-electron chi connectivity index (χ2n) is 5.51. The standard InChI is InChI=1S/C18H19ClO3/c19-10-16(20)12-21-17-7-6-14-8-15(11-22-18(14)9-17)13-4-2-1-3-5-13/h1-7,9,15-16,20H,8,10-12H2. The summed E-state index contributed by atoms with van der Waals surface area (Å²) in [6, 6.07) is 16.3. The lowest BCUT2D eigenvalue weighted by molar-refractivity contribution is 0.125. The minimum Gasteiger partial charge on any atom is -0.493 e. The summed E-state index contributed by atoms with van der Waals surface area (Å²) >= 11 is 5.55. The number of halogens is 1. The predicted octanol–water partition coefficient (Wildman–Crippen LogP) is 3.38. The van der Waals surface area contributed by atoms with Crippen LogP contribution in [-0.2, 0) is 6.42 Å². The molecule has 0 bridgehead atoms. The fourth-order valence-corrected chi connectivity index (χ4v) is 2.71. The van der Waals surface area contributed by atoms with Gasteiger partial charge in [0.25, 0.3) is 0 Å². The van der Waals surface area contributed by atoms with Crippen LogP contribution in [0.3, 0.4) is 0 Å². The van der Waals surface area contributed by atoms with Gasteiger partial charge >= 0.3 is 0 Å². The first kappa shape index (κ1) is 15.2. The molecular formula is C18H19ClO3. The lowest BCUT2D eigenvalue weighted by Gasteiger charge is -2.26. The second-order valence-corrected chi connectivity index (χ2v) is 5.82. The van der Waals surface area contributed by atoms with Crippen LogP contribution >= 0.6 is 11.6 Å². The molecule has 22 heavy (non-hydrogen) atoms. The van der Waals surface area contributed by atoms with Crippen molar-refractivity contribution in [1.82, 2.24) is 0 Å². The highest BCUT2D eigenvalue weighted by atomic mass is 35.5. The molecule has 0 spiro atoms. The SMILES string of the molecule is OC(CCl)COc1ccc2c(c1)OCC(c1ccccc1)C2. The summed E-state index contributed by atoms with van der Waals surface area (Å²) in [7, 11) is 0. The molecule has 0 fully saturated rings. The average molecular weight is 319 g/mol. The topological polar surface area (TPSA) is 38.7 Å². The molecule has 2 aromatic carbocycles. The van der Waals surface area contributed by atoms with Gasteiger partial charge in [-0.05, 0) is 23.6 Å². The van der Waals surface area contributed by atoms with E-state index in [2.05, 4.69) is 24.3 Å². The lowest BCUT2D eigenvalue weighted by atomic mass is 9.90. The van der Waals surface area contributed by atoms with E-state index >= 15 is 0 Å². The maximum Gasteiger partial charge on any atom is 0.126 e. The van der Waals surface area contributed by atoms with E-state index < -0.39 is 6.10 Å². The third-order valence-corrected chi connectivity index (χ3v) is 4.19. The van der Waals surface area contributed by atoms with Crippen molar-refractivity contribution in [3.8, 4) is 11.5 Å². The van der Waals surface area contributed by atoms with Crippen LogP contribution in [-0.4, -0.2) is 30.3 Å². The van der Waals surface area contributed by atoms with Gasteiger partial charge in [0.15, 0.2) is 0 Å². The zero-order valence-electron chi connectivity index (χ0n) is 12.2. The molecule has 1 aliphatic rings. The fourth-order valence-electron chi connectivity index (χ4n) is 2.62. The molecule has 2 unspecified atom stereocenters. The van der Waals surface area contributed by atoms with Crippen molar-refractivity contribution in [3.05, 3.63) is 59.7 Å². The first-order valence-electron chi connectivity index (χ1n) is 7.43. The third-order valence-electron chi connectivity index (χ3n) is 3.84. The molecule has 0 radical (unpaired) electrons. The summed E-state index contributed by atoms with van der Waals surface area (Å²) in [5, 5.41) is 9.43. The number of aliphatic hydroxyl groups is 1. The molecular weight excluding hydrogens is 300 g/mol. The van der Waals surface area contributed by atoms with Gasteiger partial charge in [-0.2, -0.15) is 0 Å². The number of benzene rings is 2. The zero-order chi connectivity index (χ0) is 15.4. The Bertz CT molecular complexity index is 615. The van der Waals surface area contributed by atoms with E-state index in [-0.39, 0.29) is 12.5 Å². The first-order chi connectivity index (χ1) is 10.8. The van der Waals surface area contributed by atoms with Gasteiger partial charge in [-0.15, -0.1) is 11.6 Å². The molecule has 116 valence electrons. The van der Waals surface area contributed by atoms with Gasteiger partial charge < -0.3 is 14.6 Å². The normalized spacial score (nSPS) is 18.2. The maximum absolute atomic E-state index is 9.43. The van der Waals surface area contributed by atoms with Crippen LogP contribution in [0.4, 0.5) is 0 Å². The molecule has 1 aliphatic heterocycles. The van der Waals surface area contributed by atoms with E-state index in [1.54, 1.807) is 0 Å². The number of rotatable bonds is 5. The van der Waals surface area contributed by atoms with E-state index in [4.69, 9.17) is 21.1 Å². The van der Waals surface area contributed by atoms with Crippen molar-refractivity contribution >= 4 is 11.6 Å². The Hall–Kier alpha value is -1.71. The Balaban J connectivity index is 1.68. The molecule has 2 atom stereocenters. The summed E-state index contributed by atoms with van der Waals surface area (Å²) in [6.07, 6.45) is 0.310. The highest BCUT2D eigenvalue weighted by molar-refractivity contribution is 6.18. The molecule has 1 N–H and O–H groups in total. The molecule has 4 heteroatoms. The van der Waals surface area contributed by atoms with Crippen LogP contribution in [0.25, 0.3) is 0 Å². The smallest absolute Gasteiger partial charge is 0.126 e. The van der Waals surface area contributed by atoms with Crippen molar-refractivity contribution < 1.29 is 14.6 Å². The number of hydrogen-bond acceptors (Lipinski definition) is 3. The number of ether oxygens (including phenoxy) is 2. The molecule has 0 saturated carbocycles. The van der Waals surface area contributed by atoms with Gasteiger partial charge in [0, 0.05) is 12.0 Å². The molecule has 0 saturated heterocycles. The first-order valence-corrected chi connectivity index (χ1v) is 7.97. The summed E-state index contributed by atoms with van der Waals surface area (Å²) in [5.74, 6) is 2.12. The van der Waals surface area contributed by atoms with E-state index in [0.717, 1.165) is 12.2 Å². The Morgan fingerprint density at radius 1 is 1.23 bits per heavy atom. The van der Waals surface area contributed by atoms with Crippen LogP contribution in [0.1, 0.15) is 17.0 Å². The summed E-state index contributed by atoms with van der Waals surface area (Å²) in [4.78, 5) is 0. The third kappa shape index (κ3) is 3.54. The fraction of sp³-hybridized carbons (Fsp3) is 0.333. The minimum absolute atomic E-state index is 0.167. The number of fused-ring (bicyclic) bond motifs is 1. The number of alkyl halides is 1. The molecule has 2 aromatic rings. The van der Waals surface area contributed by atoms with Gasteiger partial charge in [-0.1, -0.05) is 36.4 Å². The van der Waals surface area contributed by atoms with Gasteiger partial charge in [0.2, 0.25) is 0 Å². The predicted molar refractivity (Wildman–Crippen MR) is 87.0 cm³/mol. The van der Waals surface area contributed by atoms with E-state index in [1.807, 2.05) is 24.3 Å². The Morgan fingerprint density at radius 2 is 2.05 bits per heavy atom. The average Bonchev–Trinajstić information content (AvgIpc) is 2.59. The van der Waals surface area contributed by atoms with Crippen molar-refractivity contribution in [1.29, 1.82) is 0 Å². The highest BCUT2D eigenvalue weighted by Crippen LogP contribution is 2.34. The highest BCUT2D eigenvalue weighted by Gasteiger charge is 2.21. The van der Waals surface area contributed by atoms with Crippen molar-refractivity contribution in [2.75, 3.05) is 19.1 Å². The second kappa shape index (κ2) is 7.03. The number of aliphatic hydroxyl groups excluding tert-OH is 1. The maximum atomic E-state index is 9.43. The van der Waals surface area contributed by atoms with Crippen molar-refractivity contribution in [3.63, 3.8) is 0 Å². The van der Waals surface area contributed by atoms with Gasteiger partial charge in [-0.3, -0.25) is 0 Å². The van der Waals surface area contributed by atoms with E-state index in [9.17, 15) is 5.11 Å². The summed E-state index contributed by atoms with van der Waals surface area (Å²) < 4.78 is 11.4. The van der Waals surface area contributed by atoms with Gasteiger partial charge in [-0.25, -0.2) is 0 Å². The molecule has 3 rings (SSSR count). The van der Waals surface area contributed by atoms with E-state index in [0.29, 0.717) is 18.3 Å². The van der Waals surface area contributed by atoms with Crippen LogP contribution in [0.15, 0.2) is 48.5 Å². The van der Waals surface area contributed by atoms with Gasteiger partial charge in [0.1, 0.15) is 24.2 Å². The molecule has 0 aliphatic carbocycles. The molecule has 0 aromatic heterocycles. The van der Waals surface area contributed by atoms with Crippen LogP contribution < -0.4 is 9.47 Å². The minimum atomic E-state index is -0.652. The molecule has 1 heterocycles. The van der Waals surface area contributed by atoms with Crippen LogP contribution in [0.5, 0.6) is 11.5 Å².